The van der Waals surface area contributed by atoms with Crippen molar-refractivity contribution in [2.75, 3.05) is 85.0 Å². The van der Waals surface area contributed by atoms with Gasteiger partial charge in [0.05, 0.1) is 128 Å². The molecule has 8 aromatic heterocycles. The summed E-state index contributed by atoms with van der Waals surface area (Å²) in [6.45, 7) is 9.12. The Morgan fingerprint density at radius 1 is 0.446 bits per heavy atom. The number of hydrogen-bond acceptors (Lipinski definition) is 31. The van der Waals surface area contributed by atoms with E-state index in [-0.39, 0.29) is 118 Å². The molecule has 32 nitrogen and oxygen atoms in total. The molecule has 4 spiro atoms. The van der Waals surface area contributed by atoms with Gasteiger partial charge < -0.3 is 68.8 Å². The van der Waals surface area contributed by atoms with Gasteiger partial charge >= 0.3 is 78.7 Å². The first-order valence-corrected chi connectivity index (χ1v) is 46.3. The van der Waals surface area contributed by atoms with Gasteiger partial charge in [-0.1, -0.05) is 78.3 Å². The number of cyclic esters (lactones) is 4. The van der Waals surface area contributed by atoms with Gasteiger partial charge in [0.25, 0.3) is 0 Å². The van der Waals surface area contributed by atoms with Crippen LogP contribution in [0.3, 0.4) is 0 Å². The quantitative estimate of drug-likeness (QED) is 0.0356. The number of esters is 8. The topological polar surface area (TPSA) is 463 Å². The van der Waals surface area contributed by atoms with Crippen LogP contribution in [0.25, 0.3) is 0 Å². The molecule has 4 aliphatic heterocycles. The number of aromatic carboxylic acids is 1. The number of aliphatic hydroxyl groups is 1. The Kier molecular flexibility index (Phi) is 40.1. The zero-order chi connectivity index (χ0) is 94.0. The number of methoxy groups -OCH3 is 5. The molecule has 6 saturated carbocycles. The number of rotatable bonds is 11. The molecule has 0 saturated heterocycles. The van der Waals surface area contributed by atoms with E-state index < -0.39 is 35.1 Å². The average molecular weight is 2260 g/mol. The van der Waals surface area contributed by atoms with Crippen LogP contribution >= 0.6 is 142 Å². The largest absolute Gasteiger partial charge is 1.00 e. The summed E-state index contributed by atoms with van der Waals surface area (Å²) in [7, 11) is 6.55. The number of carbonyl (C=O) groups excluding carboxylic acids is 9. The van der Waals surface area contributed by atoms with Crippen molar-refractivity contribution in [2.45, 2.75) is 156 Å². The molecule has 18 rings (SSSR count). The van der Waals surface area contributed by atoms with E-state index in [1.807, 2.05) is 39.8 Å². The standard InChI is InChI=1S/C16H19NO4.C12H11NO4.C11H9NO4.C10H9BrClNO2.C10H10N2O2.C9H9BrClNO.C8H7BrClNO2.C6H5BrClN.C3H6O3.C2H4Br2.Li.H2O/c1-15(2,3)21-12(18)8-10-4-5-11-13(17-10)16(6-7-16)9-20-14(11)19;1-16-11(15)8-3-2-7-9(13-8)12(4-5-12)6-17-10(7)14;13-9(14)7-2-1-6-8(12-7)11(3-4-11)5-16-10(6)15;1-15-9(14)10(4-5-10)8-6(11)2-3-7(12)13-8;11-7-2-1-6-8(12-7)10(3-4-10)5-14-9(6)13;10-6-1-2-7(11)12-8(6)9(5-13)3-4-9;1-13-8(12)4-6-5(9)2-3-7(10)11-6;1-4-5(7)2-3-6(8)9-4;1-5-3(4)6-2;3-1-2-4;;/h4-5H,6-9H2,1-3H3;2-3H,4-6H2,1H3;1-2H,3-5H2,(H,13,14);2-3H,4-5H2,1H3;1-2H,3-5H2,(H2,11,12);1-2,13H,3-5H2;2-3H,4H2,1H3;2-3H,1H3;1-2H3;1-2H2;;1H2/q;;;;;;;;;;+1;/p-1. The monoisotopic (exact) mass is 2250 g/mol. The van der Waals surface area contributed by atoms with Gasteiger partial charge in [-0.3, -0.25) is 19.4 Å². The van der Waals surface area contributed by atoms with Crippen LogP contribution in [0.2, 0.25) is 20.6 Å². The van der Waals surface area contributed by atoms with Gasteiger partial charge in [-0.25, -0.2) is 68.4 Å². The molecule has 0 aromatic carbocycles. The van der Waals surface area contributed by atoms with Crippen molar-refractivity contribution in [1.29, 1.82) is 0 Å². The number of carboxylic acids is 1. The smallest absolute Gasteiger partial charge is 0.870 e. The number of alkyl halides is 2. The fraction of sp³-hybridized carbons (Fsp3) is 0.425. The first-order chi connectivity index (χ1) is 60.6. The van der Waals surface area contributed by atoms with Crippen LogP contribution in [0.4, 0.5) is 10.6 Å². The number of nitrogens with zero attached hydrogens (tertiary/aromatic N) is 8. The van der Waals surface area contributed by atoms with Gasteiger partial charge in [0.1, 0.15) is 75.3 Å². The molecule has 6 fully saturated rings. The number of nitrogen functional groups attached to an aromatic ring is 1. The molecular weight excluding hydrogens is 2170 g/mol. The molecule has 0 bridgehead atoms. The van der Waals surface area contributed by atoms with Crippen molar-refractivity contribution in [2.24, 2.45) is 0 Å². The predicted molar refractivity (Wildman–Crippen MR) is 492 cm³/mol. The number of fused-ring (bicyclic) bond motifs is 8. The second-order valence-corrected chi connectivity index (χ2v) is 38.0. The molecule has 6 aliphatic carbocycles. The minimum Gasteiger partial charge on any atom is -0.870 e. The maximum absolute atomic E-state index is 11.9. The first-order valence-electron chi connectivity index (χ1n) is 39.4. The zero-order valence-electron chi connectivity index (χ0n) is 72.0. The van der Waals surface area contributed by atoms with E-state index in [0.717, 1.165) is 128 Å². The summed E-state index contributed by atoms with van der Waals surface area (Å²) in [4.78, 5) is 146. The van der Waals surface area contributed by atoms with E-state index in [0.29, 0.717) is 104 Å². The van der Waals surface area contributed by atoms with Gasteiger partial charge in [-0.2, -0.15) is 0 Å². The Balaban J connectivity index is 0.000000201. The Morgan fingerprint density at radius 2 is 0.838 bits per heavy atom. The van der Waals surface area contributed by atoms with E-state index in [9.17, 15) is 53.1 Å². The summed E-state index contributed by atoms with van der Waals surface area (Å²) < 4.78 is 51.2. The summed E-state index contributed by atoms with van der Waals surface area (Å²) in [5, 5.41) is 22.0. The summed E-state index contributed by atoms with van der Waals surface area (Å²) in [6, 6.07) is 26.8. The minimum absolute atomic E-state index is 0. The number of ether oxygens (including phenoxy) is 10. The van der Waals surface area contributed by atoms with Crippen LogP contribution < -0.4 is 24.6 Å². The fourth-order valence-electron chi connectivity index (χ4n) is 13.1. The zero-order valence-corrected chi connectivity index (χ0v) is 84.6. The molecular formula is C87H90Br6Cl4LiN9O23. The maximum Gasteiger partial charge on any atom is 1.00 e. The molecule has 10 aliphatic rings. The van der Waals surface area contributed by atoms with E-state index in [4.69, 9.17) is 85.7 Å². The van der Waals surface area contributed by atoms with Crippen molar-refractivity contribution in [1.82, 2.24) is 39.9 Å². The Morgan fingerprint density at radius 3 is 1.22 bits per heavy atom. The second-order valence-electron chi connectivity index (χ2n) is 31.5. The number of nitrogens with two attached hydrogens (primary N) is 1. The molecule has 5 N–H and O–H groups in total. The van der Waals surface area contributed by atoms with Crippen LogP contribution in [0.5, 0.6) is 0 Å². The van der Waals surface area contributed by atoms with Crippen LogP contribution in [-0.2, 0) is 107 Å². The number of pyridine rings is 8. The summed E-state index contributed by atoms with van der Waals surface area (Å²) in [6.07, 6.45) is 10.9. The van der Waals surface area contributed by atoms with Crippen molar-refractivity contribution in [3.63, 3.8) is 0 Å². The summed E-state index contributed by atoms with van der Waals surface area (Å²) in [5.41, 5.74) is 12.8. The van der Waals surface area contributed by atoms with Crippen molar-refractivity contribution < 1.29 is 130 Å². The number of aromatic nitrogens is 8. The Bertz CT molecular complexity index is 5500. The van der Waals surface area contributed by atoms with Crippen LogP contribution in [0.15, 0.2) is 115 Å². The minimum atomic E-state index is -1.07. The third-order valence-corrected chi connectivity index (χ3v) is 26.7. The van der Waals surface area contributed by atoms with Gasteiger partial charge in [0.15, 0.2) is 0 Å². The molecule has 43 heteroatoms. The molecule has 0 unspecified atom stereocenters. The van der Waals surface area contributed by atoms with Crippen molar-refractivity contribution in [3.05, 3.63) is 220 Å². The van der Waals surface area contributed by atoms with Gasteiger partial charge in [0.2, 0.25) is 0 Å². The van der Waals surface area contributed by atoms with Crippen LogP contribution in [0, 0.1) is 6.92 Å². The Labute approximate surface area is 831 Å². The molecule has 0 amide bonds. The number of carbonyl (C=O) groups is 10. The van der Waals surface area contributed by atoms with E-state index in [2.05, 4.69) is 154 Å². The molecule has 0 atom stereocenters. The third kappa shape index (κ3) is 28.8. The number of carboxylic acid groups (broad SMARTS) is 1. The number of aliphatic hydroxyl groups excluding tert-OH is 1. The second kappa shape index (κ2) is 47.8. The number of aryl methyl sites for hydroxylation is 1. The number of hydrogen-bond donors (Lipinski definition) is 3. The summed E-state index contributed by atoms with van der Waals surface area (Å²) in [5.74, 6) is -3.32. The third-order valence-electron chi connectivity index (χ3n) is 21.1. The van der Waals surface area contributed by atoms with E-state index in [1.165, 1.54) is 53.7 Å². The SMILES string of the molecule is BrCCBr.CC(C)(C)OC(=O)Cc1ccc2c(n1)C1(CC1)COC2=O.COC(=O)C1(c2nc(Cl)ccc2Br)CC1.COC(=O)Cc1nc(Cl)ccc1Br.COC(=O)OC.COC(=O)c1ccc2c(n1)C1(CC1)COC2=O.Cc1nc(Cl)ccc1Br.Nc1ccc2c(n1)C1(CC1)COC2=O.O=C(O)c1ccc2c(n1)C1(CC1)COC2=O.OCC1(c2nc(Cl)ccc2Br)CC1.[Li+].[OH-]. The molecule has 692 valence electrons. The normalized spacial score (nSPS) is 16.5. The van der Waals surface area contributed by atoms with Gasteiger partial charge in [-0.05, 0) is 266 Å². The number of anilines is 1. The van der Waals surface area contributed by atoms with E-state index in [1.54, 1.807) is 66.7 Å². The molecule has 0 radical (unpaired) electrons. The van der Waals surface area contributed by atoms with Crippen LogP contribution in [-0.4, -0.2) is 200 Å². The molecule has 12 heterocycles. The average Bonchev–Trinajstić information content (AvgIpc) is 1.58. The summed E-state index contributed by atoms with van der Waals surface area (Å²) >= 11 is 42.6. The predicted octanol–water partition coefficient (Wildman–Crippen LogP) is 14.3. The Hall–Kier alpha value is -7.94. The van der Waals surface area contributed by atoms with Crippen molar-refractivity contribution >= 4 is 208 Å². The first kappa shape index (κ1) is 109. The fourth-order valence-corrected chi connectivity index (χ4v) is 15.5. The van der Waals surface area contributed by atoms with Crippen molar-refractivity contribution in [3.8, 4) is 0 Å². The van der Waals surface area contributed by atoms with E-state index >= 15 is 0 Å². The molecule has 130 heavy (non-hydrogen) atoms. The molecule has 8 aromatic rings. The van der Waals surface area contributed by atoms with Crippen LogP contribution in [0.1, 0.15) is 211 Å². The van der Waals surface area contributed by atoms with Gasteiger partial charge in [-0.15, -0.1) is 0 Å². The number of halogens is 10. The van der Waals surface area contributed by atoms with Gasteiger partial charge in [0, 0.05) is 55.6 Å². The maximum atomic E-state index is 11.9.